The molecule has 0 spiro atoms. The molecule has 0 bridgehead atoms. The standard InChI is InChI=1S/C36H23NS/c1-2-10-24(11-3-1)25-12-8-13-27(22-25)37-33-18-6-4-14-29(33)32-23-26(20-21-34(32)37)28-16-9-17-31-30-15-5-7-19-35(30)38-36(28)31/h1-23H. The number of nitrogens with zero attached hydrogens (tertiary/aromatic N) is 1. The molecule has 0 unspecified atom stereocenters. The van der Waals surface area contributed by atoms with Crippen molar-refractivity contribution in [3.8, 4) is 27.9 Å². The van der Waals surface area contributed by atoms with Crippen LogP contribution in [0.1, 0.15) is 0 Å². The fourth-order valence-electron chi connectivity index (χ4n) is 5.85. The lowest BCUT2D eigenvalue weighted by atomic mass is 10.0. The first-order valence-electron chi connectivity index (χ1n) is 12.9. The van der Waals surface area contributed by atoms with E-state index < -0.39 is 0 Å². The third-order valence-electron chi connectivity index (χ3n) is 7.60. The van der Waals surface area contributed by atoms with Crippen LogP contribution in [0.3, 0.4) is 0 Å². The first-order valence-corrected chi connectivity index (χ1v) is 13.8. The minimum atomic E-state index is 1.18. The summed E-state index contributed by atoms with van der Waals surface area (Å²) in [5, 5.41) is 5.23. The molecule has 0 amide bonds. The molecule has 0 aliphatic carbocycles. The van der Waals surface area contributed by atoms with Gasteiger partial charge in [0.25, 0.3) is 0 Å². The maximum atomic E-state index is 2.40. The molecule has 6 aromatic carbocycles. The van der Waals surface area contributed by atoms with Gasteiger partial charge in [0.2, 0.25) is 0 Å². The van der Waals surface area contributed by atoms with Gasteiger partial charge < -0.3 is 4.57 Å². The Morgan fingerprint density at radius 3 is 2.05 bits per heavy atom. The molecule has 0 N–H and O–H groups in total. The summed E-state index contributed by atoms with van der Waals surface area (Å²) in [5.74, 6) is 0. The smallest absolute Gasteiger partial charge is 0.0541 e. The van der Waals surface area contributed by atoms with Gasteiger partial charge >= 0.3 is 0 Å². The van der Waals surface area contributed by atoms with Gasteiger partial charge in [0.1, 0.15) is 0 Å². The van der Waals surface area contributed by atoms with E-state index in [1.54, 1.807) is 0 Å². The third-order valence-corrected chi connectivity index (χ3v) is 8.82. The summed E-state index contributed by atoms with van der Waals surface area (Å²) in [4.78, 5) is 0. The van der Waals surface area contributed by atoms with Crippen molar-refractivity contribution in [1.29, 1.82) is 0 Å². The summed E-state index contributed by atoms with van der Waals surface area (Å²) in [6, 6.07) is 50.6. The number of aromatic nitrogens is 1. The van der Waals surface area contributed by atoms with E-state index in [9.17, 15) is 0 Å². The largest absolute Gasteiger partial charge is 0.309 e. The van der Waals surface area contributed by atoms with Crippen molar-refractivity contribution in [2.24, 2.45) is 0 Å². The number of hydrogen-bond acceptors (Lipinski definition) is 1. The predicted octanol–water partition coefficient (Wildman–Crippen LogP) is 10.5. The second kappa shape index (κ2) is 8.44. The second-order valence-corrected chi connectivity index (χ2v) is 10.8. The predicted molar refractivity (Wildman–Crippen MR) is 165 cm³/mol. The molecule has 0 fully saturated rings. The van der Waals surface area contributed by atoms with Crippen LogP contribution in [0.25, 0.3) is 69.9 Å². The third kappa shape index (κ3) is 3.24. The molecule has 0 saturated carbocycles. The number of thiophene rings is 1. The van der Waals surface area contributed by atoms with Crippen LogP contribution in [0.15, 0.2) is 140 Å². The van der Waals surface area contributed by atoms with Gasteiger partial charge in [-0.1, -0.05) is 103 Å². The zero-order valence-electron chi connectivity index (χ0n) is 20.6. The molecule has 8 aromatic rings. The summed E-state index contributed by atoms with van der Waals surface area (Å²) in [6.07, 6.45) is 0. The van der Waals surface area contributed by atoms with E-state index in [1.165, 1.54) is 69.9 Å². The molecule has 0 aliphatic rings. The molecule has 38 heavy (non-hydrogen) atoms. The summed E-state index contributed by atoms with van der Waals surface area (Å²) < 4.78 is 5.10. The summed E-state index contributed by atoms with van der Waals surface area (Å²) in [7, 11) is 0. The molecule has 0 radical (unpaired) electrons. The lowest BCUT2D eigenvalue weighted by Gasteiger charge is -2.11. The highest BCUT2D eigenvalue weighted by molar-refractivity contribution is 7.26. The Balaban J connectivity index is 1.36. The van der Waals surface area contributed by atoms with Gasteiger partial charge in [0.05, 0.1) is 11.0 Å². The minimum Gasteiger partial charge on any atom is -0.309 e. The number of rotatable bonds is 3. The van der Waals surface area contributed by atoms with Crippen molar-refractivity contribution in [1.82, 2.24) is 4.57 Å². The van der Waals surface area contributed by atoms with E-state index in [0.717, 1.165) is 0 Å². The van der Waals surface area contributed by atoms with Crippen molar-refractivity contribution in [3.05, 3.63) is 140 Å². The van der Waals surface area contributed by atoms with Gasteiger partial charge in [-0.15, -0.1) is 11.3 Å². The zero-order valence-corrected chi connectivity index (χ0v) is 21.5. The highest BCUT2D eigenvalue weighted by Gasteiger charge is 2.15. The van der Waals surface area contributed by atoms with Gasteiger partial charge in [-0.25, -0.2) is 0 Å². The Hall–Kier alpha value is -4.66. The van der Waals surface area contributed by atoms with Gasteiger partial charge in [-0.3, -0.25) is 0 Å². The lowest BCUT2D eigenvalue weighted by Crippen LogP contribution is -1.94. The monoisotopic (exact) mass is 501 g/mol. The van der Waals surface area contributed by atoms with Crippen LogP contribution in [-0.4, -0.2) is 4.57 Å². The van der Waals surface area contributed by atoms with Gasteiger partial charge in [-0.2, -0.15) is 0 Å². The molecule has 2 heterocycles. The summed E-state index contributed by atoms with van der Waals surface area (Å²) in [5.41, 5.74) is 8.64. The van der Waals surface area contributed by atoms with Crippen molar-refractivity contribution in [2.45, 2.75) is 0 Å². The fraction of sp³-hybridized carbons (Fsp3) is 0. The fourth-order valence-corrected chi connectivity index (χ4v) is 7.09. The number of hydrogen-bond donors (Lipinski definition) is 0. The van der Waals surface area contributed by atoms with Crippen LogP contribution in [0.2, 0.25) is 0 Å². The Kier molecular flexibility index (Phi) is 4.76. The Morgan fingerprint density at radius 1 is 0.421 bits per heavy atom. The van der Waals surface area contributed by atoms with Gasteiger partial charge in [0, 0.05) is 36.6 Å². The van der Waals surface area contributed by atoms with Gasteiger partial charge in [0.15, 0.2) is 0 Å². The molecule has 0 aliphatic heterocycles. The number of para-hydroxylation sites is 1. The van der Waals surface area contributed by atoms with E-state index >= 15 is 0 Å². The molecule has 8 rings (SSSR count). The first kappa shape index (κ1) is 21.4. The zero-order chi connectivity index (χ0) is 25.1. The van der Waals surface area contributed by atoms with Crippen molar-refractivity contribution in [2.75, 3.05) is 0 Å². The van der Waals surface area contributed by atoms with Crippen LogP contribution < -0.4 is 0 Å². The van der Waals surface area contributed by atoms with E-state index in [2.05, 4.69) is 144 Å². The lowest BCUT2D eigenvalue weighted by molar-refractivity contribution is 1.18. The van der Waals surface area contributed by atoms with E-state index in [1.807, 2.05) is 11.3 Å². The van der Waals surface area contributed by atoms with Crippen molar-refractivity contribution >= 4 is 53.3 Å². The molecule has 2 aromatic heterocycles. The van der Waals surface area contributed by atoms with E-state index in [0.29, 0.717) is 0 Å². The molecule has 0 saturated heterocycles. The maximum Gasteiger partial charge on any atom is 0.0541 e. The molecule has 1 nitrogen and oxygen atoms in total. The van der Waals surface area contributed by atoms with Crippen LogP contribution in [0, 0.1) is 0 Å². The number of fused-ring (bicyclic) bond motifs is 6. The summed E-state index contributed by atoms with van der Waals surface area (Å²) >= 11 is 1.89. The highest BCUT2D eigenvalue weighted by Crippen LogP contribution is 2.41. The topological polar surface area (TPSA) is 4.93 Å². The molecule has 178 valence electrons. The van der Waals surface area contributed by atoms with Gasteiger partial charge in [-0.05, 0) is 58.7 Å². The molecular weight excluding hydrogens is 478 g/mol. The first-order chi connectivity index (χ1) is 18.8. The van der Waals surface area contributed by atoms with Crippen LogP contribution >= 0.6 is 11.3 Å². The molecule has 2 heteroatoms. The summed E-state index contributed by atoms with van der Waals surface area (Å²) in [6.45, 7) is 0. The Morgan fingerprint density at radius 2 is 1.13 bits per heavy atom. The van der Waals surface area contributed by atoms with Crippen molar-refractivity contribution < 1.29 is 0 Å². The molecular formula is C36H23NS. The van der Waals surface area contributed by atoms with E-state index in [-0.39, 0.29) is 0 Å². The SMILES string of the molecule is c1ccc(-c2cccc(-n3c4ccccc4c4cc(-c5cccc6c5sc5ccccc56)ccc43)c2)cc1. The molecule has 0 atom stereocenters. The van der Waals surface area contributed by atoms with Crippen LogP contribution in [0.5, 0.6) is 0 Å². The average molecular weight is 502 g/mol. The second-order valence-electron chi connectivity index (χ2n) is 9.78. The van der Waals surface area contributed by atoms with E-state index in [4.69, 9.17) is 0 Å². The highest BCUT2D eigenvalue weighted by atomic mass is 32.1. The maximum absolute atomic E-state index is 2.40. The quantitative estimate of drug-likeness (QED) is 0.227. The van der Waals surface area contributed by atoms with Crippen LogP contribution in [-0.2, 0) is 0 Å². The Labute approximate surface area is 224 Å². The Bertz CT molecular complexity index is 2130. The minimum absolute atomic E-state index is 1.18. The van der Waals surface area contributed by atoms with Crippen LogP contribution in [0.4, 0.5) is 0 Å². The number of benzene rings is 6. The normalized spacial score (nSPS) is 11.7. The average Bonchev–Trinajstić information content (AvgIpc) is 3.53. The van der Waals surface area contributed by atoms with Crippen molar-refractivity contribution in [3.63, 3.8) is 0 Å².